The molecule has 4 atom stereocenters. The molecule has 0 aliphatic rings. The number of aliphatic hydroxyl groups is 4. The first kappa shape index (κ1) is 60.5. The topological polar surface area (TPSA) is 110 Å². The number of carbonyl (C=O) groups excluding carboxylic acids is 1. The highest BCUT2D eigenvalue weighted by Gasteiger charge is 2.28. The number of amides is 1. The lowest BCUT2D eigenvalue weighted by atomic mass is 10.00. The lowest BCUT2D eigenvalue weighted by Crippen LogP contribution is -2.53. The normalized spacial score (nSPS) is 14.1. The summed E-state index contributed by atoms with van der Waals surface area (Å²) >= 11 is 0. The Bertz CT molecular complexity index is 981. The molecule has 0 bridgehead atoms. The zero-order valence-electron chi connectivity index (χ0n) is 41.4. The number of unbranched alkanes of at least 4 members (excludes halogenated alkanes) is 35. The molecule has 62 heavy (non-hydrogen) atoms. The van der Waals surface area contributed by atoms with Gasteiger partial charge < -0.3 is 25.7 Å². The van der Waals surface area contributed by atoms with Gasteiger partial charge in [-0.15, -0.1) is 0 Å². The maximum absolute atomic E-state index is 12.6. The second-order valence-corrected chi connectivity index (χ2v) is 18.9. The van der Waals surface area contributed by atoms with E-state index >= 15 is 0 Å². The molecule has 5 N–H and O–H groups in total. The fourth-order valence-corrected chi connectivity index (χ4v) is 8.48. The Balaban J connectivity index is 3.71. The molecule has 0 aromatic rings. The molecule has 0 radical (unpaired) electrons. The van der Waals surface area contributed by atoms with Crippen LogP contribution in [0.1, 0.15) is 284 Å². The van der Waals surface area contributed by atoms with E-state index in [9.17, 15) is 25.2 Å². The molecule has 366 valence electrons. The molecule has 0 fully saturated rings. The van der Waals surface area contributed by atoms with E-state index in [2.05, 4.69) is 55.6 Å². The predicted molar refractivity (Wildman–Crippen MR) is 270 cm³/mol. The van der Waals surface area contributed by atoms with Crippen molar-refractivity contribution in [3.05, 3.63) is 36.5 Å². The summed E-state index contributed by atoms with van der Waals surface area (Å²) < 4.78 is 0. The number of allylic oxidation sites excluding steroid dienone is 6. The second-order valence-electron chi connectivity index (χ2n) is 18.9. The minimum atomic E-state index is -1.29. The number of rotatable bonds is 50. The van der Waals surface area contributed by atoms with Crippen molar-refractivity contribution < 1.29 is 25.2 Å². The maximum atomic E-state index is 12.6. The first-order valence-corrected chi connectivity index (χ1v) is 27.4. The lowest BCUT2D eigenvalue weighted by Gasteiger charge is -2.27. The molecule has 0 aliphatic heterocycles. The van der Waals surface area contributed by atoms with Crippen molar-refractivity contribution >= 4 is 5.91 Å². The fourth-order valence-electron chi connectivity index (χ4n) is 8.48. The molecule has 0 rings (SSSR count). The van der Waals surface area contributed by atoms with Crippen LogP contribution in [0.3, 0.4) is 0 Å². The SMILES string of the molecule is CCCCCCCCCCCCCC/C=C\CCCCCCCCCCC(O)C(=O)NC(CO)C(O)C(O)CCC/C=C/CC/C=C/CCCCCCCCCCCCCCC. The quantitative estimate of drug-likeness (QED) is 0.0309. The van der Waals surface area contributed by atoms with Crippen molar-refractivity contribution in [3.63, 3.8) is 0 Å². The van der Waals surface area contributed by atoms with Crippen LogP contribution in [0.25, 0.3) is 0 Å². The van der Waals surface area contributed by atoms with Gasteiger partial charge in [0.05, 0.1) is 18.8 Å². The Labute approximate surface area is 386 Å². The fraction of sp³-hybridized carbons (Fsp3) is 0.875. The number of carbonyl (C=O) groups is 1. The Kier molecular flexibility index (Phi) is 49.3. The van der Waals surface area contributed by atoms with Crippen molar-refractivity contribution in [1.29, 1.82) is 0 Å². The molecule has 0 aliphatic carbocycles. The van der Waals surface area contributed by atoms with E-state index in [0.717, 1.165) is 38.5 Å². The molecule has 0 aromatic carbocycles. The first-order chi connectivity index (χ1) is 30.5. The monoisotopic (exact) mass is 874 g/mol. The molecule has 0 aromatic heterocycles. The maximum Gasteiger partial charge on any atom is 0.249 e. The summed E-state index contributed by atoms with van der Waals surface area (Å²) in [6.45, 7) is 4.07. The van der Waals surface area contributed by atoms with Gasteiger partial charge in [-0.3, -0.25) is 4.79 Å². The summed E-state index contributed by atoms with van der Waals surface area (Å²) in [6.07, 6.45) is 62.1. The summed E-state index contributed by atoms with van der Waals surface area (Å²) in [4.78, 5) is 12.6. The van der Waals surface area contributed by atoms with Crippen LogP contribution in [0.4, 0.5) is 0 Å². The van der Waals surface area contributed by atoms with E-state index < -0.39 is 36.9 Å². The van der Waals surface area contributed by atoms with Crippen LogP contribution in [0, 0.1) is 0 Å². The highest BCUT2D eigenvalue weighted by atomic mass is 16.3. The smallest absolute Gasteiger partial charge is 0.249 e. The summed E-state index contributed by atoms with van der Waals surface area (Å²) in [5.41, 5.74) is 0. The minimum absolute atomic E-state index is 0.357. The summed E-state index contributed by atoms with van der Waals surface area (Å²) in [6, 6.07) is -1.01. The van der Waals surface area contributed by atoms with Gasteiger partial charge in [0.2, 0.25) is 5.91 Å². The van der Waals surface area contributed by atoms with E-state index in [4.69, 9.17) is 0 Å². The molecule has 0 saturated heterocycles. The Hall–Kier alpha value is -1.47. The third-order valence-electron chi connectivity index (χ3n) is 12.8. The summed E-state index contributed by atoms with van der Waals surface area (Å²) in [7, 11) is 0. The van der Waals surface area contributed by atoms with Gasteiger partial charge >= 0.3 is 0 Å². The molecule has 0 saturated carbocycles. The van der Waals surface area contributed by atoms with Gasteiger partial charge in [0, 0.05) is 0 Å². The average molecular weight is 874 g/mol. The Morgan fingerprint density at radius 1 is 0.387 bits per heavy atom. The highest BCUT2D eigenvalue weighted by molar-refractivity contribution is 5.80. The molecular formula is C56H107NO5. The Morgan fingerprint density at radius 3 is 1.02 bits per heavy atom. The van der Waals surface area contributed by atoms with Gasteiger partial charge in [-0.25, -0.2) is 0 Å². The van der Waals surface area contributed by atoms with Gasteiger partial charge in [-0.2, -0.15) is 0 Å². The van der Waals surface area contributed by atoms with Crippen LogP contribution in [0.2, 0.25) is 0 Å². The zero-order chi connectivity index (χ0) is 45.2. The lowest BCUT2D eigenvalue weighted by molar-refractivity contribution is -0.132. The van der Waals surface area contributed by atoms with Crippen molar-refractivity contribution in [2.45, 2.75) is 308 Å². The summed E-state index contributed by atoms with van der Waals surface area (Å²) in [5.74, 6) is -0.597. The van der Waals surface area contributed by atoms with Crippen molar-refractivity contribution in [3.8, 4) is 0 Å². The van der Waals surface area contributed by atoms with E-state index in [1.165, 1.54) is 212 Å². The molecule has 1 amide bonds. The minimum Gasteiger partial charge on any atom is -0.394 e. The third kappa shape index (κ3) is 43.8. The molecule has 0 heterocycles. The van der Waals surface area contributed by atoms with Crippen LogP contribution >= 0.6 is 0 Å². The van der Waals surface area contributed by atoms with Gasteiger partial charge in [0.15, 0.2) is 0 Å². The van der Waals surface area contributed by atoms with Crippen LogP contribution in [0.5, 0.6) is 0 Å². The van der Waals surface area contributed by atoms with E-state index in [-0.39, 0.29) is 0 Å². The molecular weight excluding hydrogens is 767 g/mol. The molecule has 4 unspecified atom stereocenters. The van der Waals surface area contributed by atoms with Crippen LogP contribution in [-0.4, -0.2) is 57.3 Å². The van der Waals surface area contributed by atoms with Gasteiger partial charge in [-0.1, -0.05) is 243 Å². The largest absolute Gasteiger partial charge is 0.394 e. The number of nitrogens with one attached hydrogen (secondary N) is 1. The number of hydrogen-bond acceptors (Lipinski definition) is 5. The molecule has 6 nitrogen and oxygen atoms in total. The number of aliphatic hydroxyl groups excluding tert-OH is 4. The Morgan fingerprint density at radius 2 is 0.677 bits per heavy atom. The van der Waals surface area contributed by atoms with Crippen molar-refractivity contribution in [2.75, 3.05) is 6.61 Å². The van der Waals surface area contributed by atoms with Crippen LogP contribution in [0.15, 0.2) is 36.5 Å². The van der Waals surface area contributed by atoms with Crippen molar-refractivity contribution in [2.24, 2.45) is 0 Å². The van der Waals surface area contributed by atoms with E-state index in [0.29, 0.717) is 19.3 Å². The van der Waals surface area contributed by atoms with Crippen LogP contribution in [-0.2, 0) is 4.79 Å². The third-order valence-corrected chi connectivity index (χ3v) is 12.8. The van der Waals surface area contributed by atoms with Gasteiger partial charge in [-0.05, 0) is 77.0 Å². The average Bonchev–Trinajstić information content (AvgIpc) is 3.28. The van der Waals surface area contributed by atoms with E-state index in [1.54, 1.807) is 0 Å². The van der Waals surface area contributed by atoms with Gasteiger partial charge in [0.1, 0.15) is 12.2 Å². The molecule has 6 heteroatoms. The molecule has 0 spiro atoms. The van der Waals surface area contributed by atoms with Crippen molar-refractivity contribution in [1.82, 2.24) is 5.32 Å². The second kappa shape index (κ2) is 50.5. The van der Waals surface area contributed by atoms with E-state index in [1.807, 2.05) is 0 Å². The standard InChI is InChI=1S/C56H107NO5/c1-3-5-7-9-11-13-15-17-19-21-23-25-27-28-30-32-34-36-38-40-42-44-46-48-50-54(60)56(62)57-52(51-58)55(61)53(59)49-47-45-43-41-39-37-35-33-31-29-26-24-22-20-18-16-14-12-10-8-6-4-2/h28,30,33,35,41,43,52-55,58-61H,3-27,29,31-32,34,36-40,42,44-51H2,1-2H3,(H,57,62)/b30-28-,35-33+,43-41+. The summed E-state index contributed by atoms with van der Waals surface area (Å²) in [5, 5.41) is 43.9. The predicted octanol–water partition coefficient (Wildman–Crippen LogP) is 15.6. The number of hydrogen-bond donors (Lipinski definition) is 5. The first-order valence-electron chi connectivity index (χ1n) is 27.4. The highest BCUT2D eigenvalue weighted by Crippen LogP contribution is 2.17. The van der Waals surface area contributed by atoms with Crippen LogP contribution < -0.4 is 5.32 Å². The zero-order valence-corrected chi connectivity index (χ0v) is 41.4. The van der Waals surface area contributed by atoms with Gasteiger partial charge in [0.25, 0.3) is 0 Å².